The fraction of sp³-hybridized carbons (Fsp3) is 0.450. The van der Waals surface area contributed by atoms with Gasteiger partial charge in [-0.25, -0.2) is 0 Å². The first kappa shape index (κ1) is 20.8. The highest BCUT2D eigenvalue weighted by Gasteiger charge is 2.10. The summed E-state index contributed by atoms with van der Waals surface area (Å²) in [5.41, 5.74) is 4.15. The molecule has 1 aromatic rings. The molecule has 1 aromatic carbocycles. The van der Waals surface area contributed by atoms with Crippen molar-refractivity contribution < 1.29 is 4.74 Å². The maximum absolute atomic E-state index is 5.87. The lowest BCUT2D eigenvalue weighted by atomic mass is 10.2. The Balaban J connectivity index is 2.67. The van der Waals surface area contributed by atoms with Gasteiger partial charge in [0.2, 0.25) is 0 Å². The van der Waals surface area contributed by atoms with Gasteiger partial charge in [-0.2, -0.15) is 11.8 Å². The van der Waals surface area contributed by atoms with Gasteiger partial charge in [0.15, 0.2) is 0 Å². The van der Waals surface area contributed by atoms with Crippen LogP contribution in [0.3, 0.4) is 0 Å². The average molecular weight is 360 g/mol. The summed E-state index contributed by atoms with van der Waals surface area (Å²) in [6.45, 7) is 8.06. The van der Waals surface area contributed by atoms with Crippen LogP contribution in [-0.2, 0) is 11.3 Å². The summed E-state index contributed by atoms with van der Waals surface area (Å²) in [7, 11) is -1.27. The summed E-state index contributed by atoms with van der Waals surface area (Å²) in [5.74, 6) is 3.77. The van der Waals surface area contributed by atoms with E-state index in [9.17, 15) is 0 Å². The summed E-state index contributed by atoms with van der Waals surface area (Å²) in [4.78, 5) is 4.74. The average Bonchev–Trinajstić information content (AvgIpc) is 2.56. The monoisotopic (exact) mass is 359 g/mol. The second kappa shape index (κ2) is 11.3. The van der Waals surface area contributed by atoms with Gasteiger partial charge in [-0.1, -0.05) is 61.6 Å². The molecule has 1 atom stereocenters. The third-order valence-corrected chi connectivity index (χ3v) is 5.10. The number of rotatable bonds is 10. The molecule has 4 heteroatoms. The van der Waals surface area contributed by atoms with Gasteiger partial charge in [-0.05, 0) is 30.1 Å². The Bertz CT molecular complexity index is 570. The van der Waals surface area contributed by atoms with E-state index in [1.165, 1.54) is 5.56 Å². The van der Waals surface area contributed by atoms with E-state index >= 15 is 0 Å². The van der Waals surface area contributed by atoms with Crippen LogP contribution in [-0.4, -0.2) is 38.4 Å². The molecule has 0 amide bonds. The summed E-state index contributed by atoms with van der Waals surface area (Å²) in [6, 6.07) is 10.3. The van der Waals surface area contributed by atoms with Crippen molar-refractivity contribution in [3.05, 3.63) is 47.7 Å². The Kier molecular flexibility index (Phi) is 9.78. The molecular formula is C20H29NOSSi. The van der Waals surface area contributed by atoms with Crippen LogP contribution in [0.4, 0.5) is 0 Å². The molecule has 0 unspecified atom stereocenters. The molecule has 2 nitrogen and oxygen atoms in total. The van der Waals surface area contributed by atoms with Crippen molar-refractivity contribution in [1.29, 1.82) is 0 Å². The van der Waals surface area contributed by atoms with Crippen molar-refractivity contribution in [2.75, 3.05) is 18.6 Å². The molecule has 0 aromatic heterocycles. The van der Waals surface area contributed by atoms with Crippen molar-refractivity contribution in [3.8, 4) is 12.3 Å². The van der Waals surface area contributed by atoms with Gasteiger partial charge in [0.25, 0.3) is 0 Å². The van der Waals surface area contributed by atoms with Gasteiger partial charge in [0.1, 0.15) is 5.71 Å². The molecule has 0 fully saturated rings. The van der Waals surface area contributed by atoms with E-state index in [1.54, 1.807) is 0 Å². The van der Waals surface area contributed by atoms with Crippen LogP contribution in [0.5, 0.6) is 0 Å². The highest BCUT2D eigenvalue weighted by Crippen LogP contribution is 2.09. The Hall–Kier alpha value is -1.28. The predicted molar refractivity (Wildman–Crippen MR) is 112 cm³/mol. The highest BCUT2D eigenvalue weighted by atomic mass is 32.2. The third-order valence-electron chi connectivity index (χ3n) is 3.29. The third kappa shape index (κ3) is 9.77. The molecule has 0 aliphatic carbocycles. The van der Waals surface area contributed by atoms with Crippen LogP contribution < -0.4 is 0 Å². The van der Waals surface area contributed by atoms with E-state index < -0.39 is 8.07 Å². The topological polar surface area (TPSA) is 21.6 Å². The van der Waals surface area contributed by atoms with E-state index in [-0.39, 0.29) is 6.04 Å². The number of allylic oxidation sites excluding steroid dienone is 1. The normalized spacial score (nSPS) is 13.9. The molecule has 0 saturated heterocycles. The van der Waals surface area contributed by atoms with Crippen LogP contribution >= 0.6 is 11.8 Å². The quantitative estimate of drug-likeness (QED) is 0.339. The van der Waals surface area contributed by atoms with Crippen LogP contribution in [0.25, 0.3) is 0 Å². The zero-order valence-electron chi connectivity index (χ0n) is 15.3. The molecular weight excluding hydrogens is 330 g/mol. The molecule has 0 aliphatic heterocycles. The summed E-state index contributed by atoms with van der Waals surface area (Å²) in [6.07, 6.45) is 10.7. The summed E-state index contributed by atoms with van der Waals surface area (Å²) < 4.78 is 5.87. The molecule has 0 spiro atoms. The SMILES string of the molecule is C#CC(/C=C/[Si](C)(C)C)=N[C@@H](CCSC)COCc1ccccc1. The Morgan fingerprint density at radius 1 is 1.33 bits per heavy atom. The lowest BCUT2D eigenvalue weighted by Gasteiger charge is -2.14. The first-order valence-corrected chi connectivity index (χ1v) is 13.3. The van der Waals surface area contributed by atoms with Crippen molar-refractivity contribution in [2.24, 2.45) is 4.99 Å². The Labute approximate surface area is 152 Å². The fourth-order valence-electron chi connectivity index (χ4n) is 1.98. The number of terminal acetylenes is 1. The summed E-state index contributed by atoms with van der Waals surface area (Å²) >= 11 is 1.82. The number of thioether (sulfide) groups is 1. The maximum atomic E-state index is 5.87. The molecule has 130 valence electrons. The fourth-order valence-corrected chi connectivity index (χ4v) is 3.15. The Morgan fingerprint density at radius 2 is 2.04 bits per heavy atom. The van der Waals surface area contributed by atoms with Crippen LogP contribution in [0.2, 0.25) is 19.6 Å². The minimum atomic E-state index is -1.27. The van der Waals surface area contributed by atoms with Crippen LogP contribution in [0.1, 0.15) is 12.0 Å². The molecule has 0 bridgehead atoms. The first-order valence-electron chi connectivity index (χ1n) is 8.29. The van der Waals surface area contributed by atoms with E-state index in [0.717, 1.165) is 17.9 Å². The molecule has 0 aliphatic rings. The maximum Gasteiger partial charge on any atom is 0.107 e. The molecule has 24 heavy (non-hydrogen) atoms. The lowest BCUT2D eigenvalue weighted by Crippen LogP contribution is -2.18. The molecule has 0 heterocycles. The predicted octanol–water partition coefficient (Wildman–Crippen LogP) is 4.83. The highest BCUT2D eigenvalue weighted by molar-refractivity contribution is 7.98. The van der Waals surface area contributed by atoms with E-state index in [2.05, 4.69) is 49.6 Å². The summed E-state index contributed by atoms with van der Waals surface area (Å²) in [5, 5.41) is 0. The van der Waals surface area contributed by atoms with Crippen molar-refractivity contribution in [3.63, 3.8) is 0 Å². The minimum Gasteiger partial charge on any atom is -0.375 e. The number of ether oxygens (including phenoxy) is 1. The van der Waals surface area contributed by atoms with Gasteiger partial charge in [0, 0.05) is 0 Å². The van der Waals surface area contributed by atoms with Crippen LogP contribution in [0.15, 0.2) is 47.1 Å². The second-order valence-electron chi connectivity index (χ2n) is 6.79. The zero-order valence-corrected chi connectivity index (χ0v) is 17.1. The second-order valence-corrected chi connectivity index (χ2v) is 12.8. The number of benzene rings is 1. The van der Waals surface area contributed by atoms with Gasteiger partial charge >= 0.3 is 0 Å². The molecule has 0 N–H and O–H groups in total. The van der Waals surface area contributed by atoms with E-state index in [1.807, 2.05) is 36.0 Å². The van der Waals surface area contributed by atoms with Crippen molar-refractivity contribution in [1.82, 2.24) is 0 Å². The van der Waals surface area contributed by atoms with E-state index in [0.29, 0.717) is 13.2 Å². The van der Waals surface area contributed by atoms with E-state index in [4.69, 9.17) is 16.2 Å². The molecule has 1 rings (SSSR count). The Morgan fingerprint density at radius 3 is 2.62 bits per heavy atom. The number of nitrogens with zero attached hydrogens (tertiary/aromatic N) is 1. The first-order chi connectivity index (χ1) is 11.4. The lowest BCUT2D eigenvalue weighted by molar-refractivity contribution is 0.108. The number of hydrogen-bond acceptors (Lipinski definition) is 3. The largest absolute Gasteiger partial charge is 0.375 e. The van der Waals surface area contributed by atoms with Gasteiger partial charge in [-0.15, -0.1) is 6.42 Å². The van der Waals surface area contributed by atoms with Gasteiger partial charge in [0.05, 0.1) is 27.3 Å². The molecule has 0 saturated carbocycles. The minimum absolute atomic E-state index is 0.110. The standard InChI is InChI=1S/C20H29NOSSi/c1-6-19(13-15-24(3,4)5)21-20(12-14-23-2)17-22-16-18-10-8-7-9-11-18/h1,7-11,13,15,20H,12,14,16-17H2,2-5H3/b15-13+,21-19?/t20-/m0/s1. The van der Waals surface area contributed by atoms with Gasteiger partial charge < -0.3 is 4.74 Å². The van der Waals surface area contributed by atoms with Gasteiger partial charge in [-0.3, -0.25) is 4.99 Å². The van der Waals surface area contributed by atoms with Crippen molar-refractivity contribution in [2.45, 2.75) is 38.7 Å². The van der Waals surface area contributed by atoms with Crippen molar-refractivity contribution >= 4 is 25.5 Å². The number of aliphatic imine (C=N–C) groups is 1. The number of hydrogen-bond donors (Lipinski definition) is 0. The van der Waals surface area contributed by atoms with Crippen LogP contribution in [0, 0.1) is 12.3 Å². The smallest absolute Gasteiger partial charge is 0.107 e. The zero-order chi connectivity index (χ0) is 17.8. The molecule has 0 radical (unpaired) electrons.